The van der Waals surface area contributed by atoms with Crippen LogP contribution in [0.2, 0.25) is 5.02 Å². The molecule has 1 amide bonds. The quantitative estimate of drug-likeness (QED) is 0.930. The van der Waals surface area contributed by atoms with Gasteiger partial charge in [0, 0.05) is 24.6 Å². The standard InChI is InChI=1S/C13H15ClN4O/c1-9-6-17-18(8-9)4-3-15-13(19)11-7-16-10(2)5-12(11)14/h5-8H,3-4H2,1-2H3,(H,15,19). The van der Waals surface area contributed by atoms with Gasteiger partial charge in [-0.3, -0.25) is 14.5 Å². The Morgan fingerprint density at radius 3 is 2.84 bits per heavy atom. The molecule has 2 aromatic heterocycles. The van der Waals surface area contributed by atoms with Gasteiger partial charge in [-0.05, 0) is 25.5 Å². The first-order chi connectivity index (χ1) is 9.06. The van der Waals surface area contributed by atoms with E-state index in [0.717, 1.165) is 11.3 Å². The second-order valence-electron chi connectivity index (χ2n) is 4.34. The summed E-state index contributed by atoms with van der Waals surface area (Å²) in [5.74, 6) is -0.221. The Morgan fingerprint density at radius 2 is 2.21 bits per heavy atom. The maximum atomic E-state index is 11.9. The Balaban J connectivity index is 1.90. The summed E-state index contributed by atoms with van der Waals surface area (Å²) in [5.41, 5.74) is 2.27. The molecule has 0 saturated heterocycles. The van der Waals surface area contributed by atoms with Crippen molar-refractivity contribution in [1.29, 1.82) is 0 Å². The molecule has 0 saturated carbocycles. The molecule has 0 aliphatic rings. The van der Waals surface area contributed by atoms with E-state index in [2.05, 4.69) is 15.4 Å². The normalized spacial score (nSPS) is 10.5. The minimum absolute atomic E-state index is 0.221. The lowest BCUT2D eigenvalue weighted by Gasteiger charge is -2.07. The van der Waals surface area contributed by atoms with Crippen LogP contribution in [0.15, 0.2) is 24.7 Å². The van der Waals surface area contributed by atoms with Crippen molar-refractivity contribution < 1.29 is 4.79 Å². The summed E-state index contributed by atoms with van der Waals surface area (Å²) < 4.78 is 1.78. The zero-order valence-electron chi connectivity index (χ0n) is 10.9. The smallest absolute Gasteiger partial charge is 0.254 e. The van der Waals surface area contributed by atoms with Crippen molar-refractivity contribution in [3.8, 4) is 0 Å². The predicted molar refractivity (Wildman–Crippen MR) is 73.3 cm³/mol. The molecule has 2 aromatic rings. The minimum atomic E-state index is -0.221. The van der Waals surface area contributed by atoms with Crippen LogP contribution in [0.1, 0.15) is 21.6 Å². The van der Waals surface area contributed by atoms with Crippen LogP contribution in [0.25, 0.3) is 0 Å². The van der Waals surface area contributed by atoms with Gasteiger partial charge in [0.1, 0.15) is 0 Å². The van der Waals surface area contributed by atoms with Crippen molar-refractivity contribution in [2.45, 2.75) is 20.4 Å². The SMILES string of the molecule is Cc1cnn(CCNC(=O)c2cnc(C)cc2Cl)c1. The van der Waals surface area contributed by atoms with Crippen LogP contribution in [0, 0.1) is 13.8 Å². The van der Waals surface area contributed by atoms with E-state index in [0.29, 0.717) is 23.7 Å². The van der Waals surface area contributed by atoms with Gasteiger partial charge in [-0.1, -0.05) is 11.6 Å². The number of nitrogens with one attached hydrogen (secondary N) is 1. The monoisotopic (exact) mass is 278 g/mol. The highest BCUT2D eigenvalue weighted by molar-refractivity contribution is 6.33. The zero-order valence-corrected chi connectivity index (χ0v) is 11.6. The highest BCUT2D eigenvalue weighted by Gasteiger charge is 2.10. The largest absolute Gasteiger partial charge is 0.350 e. The van der Waals surface area contributed by atoms with E-state index in [1.807, 2.05) is 20.0 Å². The number of pyridine rings is 1. The summed E-state index contributed by atoms with van der Waals surface area (Å²) in [6, 6.07) is 1.67. The summed E-state index contributed by atoms with van der Waals surface area (Å²) in [6.45, 7) is 4.91. The third-order valence-electron chi connectivity index (χ3n) is 2.62. The van der Waals surface area contributed by atoms with Gasteiger partial charge in [0.05, 0.1) is 23.3 Å². The second-order valence-corrected chi connectivity index (χ2v) is 4.75. The van der Waals surface area contributed by atoms with E-state index in [1.54, 1.807) is 16.9 Å². The van der Waals surface area contributed by atoms with E-state index in [-0.39, 0.29) is 5.91 Å². The first kappa shape index (κ1) is 13.5. The number of aromatic nitrogens is 3. The molecule has 0 aliphatic carbocycles. The maximum absolute atomic E-state index is 11.9. The Kier molecular flexibility index (Phi) is 4.16. The van der Waals surface area contributed by atoms with Crippen LogP contribution in [-0.2, 0) is 6.54 Å². The summed E-state index contributed by atoms with van der Waals surface area (Å²) in [5, 5.41) is 7.35. The fourth-order valence-electron chi connectivity index (χ4n) is 1.66. The highest BCUT2D eigenvalue weighted by atomic mass is 35.5. The van der Waals surface area contributed by atoms with Crippen LogP contribution in [-0.4, -0.2) is 27.2 Å². The Hall–Kier alpha value is -1.88. The number of carbonyl (C=O) groups is 1. The van der Waals surface area contributed by atoms with E-state index in [9.17, 15) is 4.79 Å². The lowest BCUT2D eigenvalue weighted by molar-refractivity contribution is 0.0951. The molecule has 0 aliphatic heterocycles. The van der Waals surface area contributed by atoms with Crippen molar-refractivity contribution in [1.82, 2.24) is 20.1 Å². The van der Waals surface area contributed by atoms with Crippen LogP contribution in [0.4, 0.5) is 0 Å². The number of halogens is 1. The van der Waals surface area contributed by atoms with E-state index in [4.69, 9.17) is 11.6 Å². The van der Waals surface area contributed by atoms with Gasteiger partial charge in [-0.25, -0.2) is 0 Å². The lowest BCUT2D eigenvalue weighted by atomic mass is 10.2. The molecule has 19 heavy (non-hydrogen) atoms. The first-order valence-electron chi connectivity index (χ1n) is 5.95. The van der Waals surface area contributed by atoms with Crippen molar-refractivity contribution >= 4 is 17.5 Å². The average molecular weight is 279 g/mol. The fraction of sp³-hybridized carbons (Fsp3) is 0.308. The van der Waals surface area contributed by atoms with Crippen molar-refractivity contribution in [3.05, 3.63) is 46.5 Å². The summed E-state index contributed by atoms with van der Waals surface area (Å²) in [6.07, 6.45) is 5.19. The molecule has 0 fully saturated rings. The van der Waals surface area contributed by atoms with Crippen molar-refractivity contribution in [2.75, 3.05) is 6.54 Å². The van der Waals surface area contributed by atoms with Gasteiger partial charge in [0.15, 0.2) is 0 Å². The summed E-state index contributed by atoms with van der Waals surface area (Å²) in [4.78, 5) is 16.0. The molecule has 0 bridgehead atoms. The Labute approximate surface area is 116 Å². The molecule has 2 rings (SSSR count). The zero-order chi connectivity index (χ0) is 13.8. The summed E-state index contributed by atoms with van der Waals surface area (Å²) in [7, 11) is 0. The van der Waals surface area contributed by atoms with Crippen LogP contribution < -0.4 is 5.32 Å². The van der Waals surface area contributed by atoms with Crippen molar-refractivity contribution in [2.24, 2.45) is 0 Å². The second kappa shape index (κ2) is 5.84. The number of hydrogen-bond acceptors (Lipinski definition) is 3. The molecule has 0 spiro atoms. The van der Waals surface area contributed by atoms with Gasteiger partial charge in [-0.15, -0.1) is 0 Å². The predicted octanol–water partition coefficient (Wildman–Crippen LogP) is 1.98. The molecule has 0 aromatic carbocycles. The number of carbonyl (C=O) groups excluding carboxylic acids is 1. The third-order valence-corrected chi connectivity index (χ3v) is 2.94. The molecule has 6 heteroatoms. The molecule has 100 valence electrons. The number of aryl methyl sites for hydroxylation is 2. The van der Waals surface area contributed by atoms with Gasteiger partial charge >= 0.3 is 0 Å². The maximum Gasteiger partial charge on any atom is 0.254 e. The third kappa shape index (κ3) is 3.54. The van der Waals surface area contributed by atoms with E-state index in [1.165, 1.54) is 6.20 Å². The first-order valence-corrected chi connectivity index (χ1v) is 6.33. The lowest BCUT2D eigenvalue weighted by Crippen LogP contribution is -2.27. The van der Waals surface area contributed by atoms with Crippen LogP contribution in [0.3, 0.4) is 0 Å². The number of amides is 1. The number of rotatable bonds is 4. The molecule has 0 atom stereocenters. The van der Waals surface area contributed by atoms with E-state index >= 15 is 0 Å². The highest BCUT2D eigenvalue weighted by Crippen LogP contribution is 2.15. The molecule has 5 nitrogen and oxygen atoms in total. The molecule has 0 unspecified atom stereocenters. The van der Waals surface area contributed by atoms with Crippen LogP contribution >= 0.6 is 11.6 Å². The van der Waals surface area contributed by atoms with Gasteiger partial charge < -0.3 is 5.32 Å². The van der Waals surface area contributed by atoms with Gasteiger partial charge in [0.25, 0.3) is 5.91 Å². The fourth-order valence-corrected chi connectivity index (χ4v) is 1.95. The molecular weight excluding hydrogens is 264 g/mol. The van der Waals surface area contributed by atoms with Gasteiger partial charge in [-0.2, -0.15) is 5.10 Å². The minimum Gasteiger partial charge on any atom is -0.350 e. The Bertz CT molecular complexity index is 594. The van der Waals surface area contributed by atoms with Gasteiger partial charge in [0.2, 0.25) is 0 Å². The Morgan fingerprint density at radius 1 is 1.42 bits per heavy atom. The molecule has 0 radical (unpaired) electrons. The molecular formula is C13H15ClN4O. The van der Waals surface area contributed by atoms with E-state index < -0.39 is 0 Å². The van der Waals surface area contributed by atoms with Crippen molar-refractivity contribution in [3.63, 3.8) is 0 Å². The molecule has 1 N–H and O–H groups in total. The summed E-state index contributed by atoms with van der Waals surface area (Å²) >= 11 is 6.01. The number of hydrogen-bond donors (Lipinski definition) is 1. The number of nitrogens with zero attached hydrogens (tertiary/aromatic N) is 3. The topological polar surface area (TPSA) is 59.8 Å². The molecule has 2 heterocycles. The average Bonchev–Trinajstić information content (AvgIpc) is 2.75. The van der Waals surface area contributed by atoms with Crippen LogP contribution in [0.5, 0.6) is 0 Å².